The number of esters is 1. The van der Waals surface area contributed by atoms with E-state index >= 15 is 0 Å². The van der Waals surface area contributed by atoms with E-state index in [9.17, 15) is 13.2 Å². The molecule has 10 heteroatoms. The number of methoxy groups -OCH3 is 1. The second kappa shape index (κ2) is 5.21. The molecule has 2 N–H and O–H groups in total. The third-order valence-electron chi connectivity index (χ3n) is 2.38. The number of aromatic amines is 1. The maximum Gasteiger partial charge on any atom is 0.349 e. The zero-order valence-electron chi connectivity index (χ0n) is 10.9. The van der Waals surface area contributed by atoms with Crippen LogP contribution in [0.5, 0.6) is 0 Å². The highest BCUT2D eigenvalue weighted by molar-refractivity contribution is 7.93. The van der Waals surface area contributed by atoms with Crippen LogP contribution in [0.1, 0.15) is 21.1 Å². The number of sulfonamides is 1. The van der Waals surface area contributed by atoms with E-state index in [-0.39, 0.29) is 15.7 Å². The molecule has 0 spiro atoms. The number of hydrogen-bond acceptors (Lipinski definition) is 7. The van der Waals surface area contributed by atoms with Crippen molar-refractivity contribution in [1.82, 2.24) is 15.2 Å². The van der Waals surface area contributed by atoms with Crippen LogP contribution in [0.15, 0.2) is 10.3 Å². The molecular weight excluding hydrogens is 304 g/mol. The van der Waals surface area contributed by atoms with E-state index in [4.69, 9.17) is 0 Å². The van der Waals surface area contributed by atoms with Gasteiger partial charge in [0, 0.05) is 0 Å². The van der Waals surface area contributed by atoms with Gasteiger partial charge in [-0.05, 0) is 24.8 Å². The molecule has 2 aromatic rings. The van der Waals surface area contributed by atoms with Crippen LogP contribution in [-0.4, -0.2) is 36.7 Å². The second-order valence-corrected chi connectivity index (χ2v) is 6.42. The molecule has 0 unspecified atom stereocenters. The van der Waals surface area contributed by atoms with Gasteiger partial charge in [0.05, 0.1) is 7.11 Å². The molecule has 0 aromatic carbocycles. The molecule has 0 amide bonds. The third-order valence-corrected chi connectivity index (χ3v) is 5.10. The Morgan fingerprint density at radius 3 is 2.70 bits per heavy atom. The molecule has 2 rings (SSSR count). The van der Waals surface area contributed by atoms with Crippen molar-refractivity contribution in [1.29, 1.82) is 0 Å². The molecule has 0 aliphatic carbocycles. The summed E-state index contributed by atoms with van der Waals surface area (Å²) in [6.45, 7) is 3.24. The molecule has 0 fully saturated rings. The molecule has 8 nitrogen and oxygen atoms in total. The Morgan fingerprint density at radius 2 is 2.15 bits per heavy atom. The number of rotatable bonds is 4. The molecule has 0 aliphatic heterocycles. The molecule has 0 atom stereocenters. The number of carbonyl (C=O) groups excluding carboxylic acids is 1. The average molecular weight is 316 g/mol. The number of thiophene rings is 1. The second-order valence-electron chi connectivity index (χ2n) is 3.92. The number of H-pyrrole nitrogens is 1. The van der Waals surface area contributed by atoms with Crippen molar-refractivity contribution in [2.45, 2.75) is 18.7 Å². The lowest BCUT2D eigenvalue weighted by Crippen LogP contribution is -2.17. The molecule has 2 heterocycles. The number of aromatic nitrogens is 3. The number of nitrogens with zero attached hydrogens (tertiary/aromatic N) is 2. The number of ether oxygens (including phenoxy) is 1. The van der Waals surface area contributed by atoms with Gasteiger partial charge in [0.25, 0.3) is 16.0 Å². The number of aryl methyl sites for hydroxylation is 2. The van der Waals surface area contributed by atoms with Crippen molar-refractivity contribution < 1.29 is 17.9 Å². The van der Waals surface area contributed by atoms with E-state index in [1.807, 2.05) is 0 Å². The van der Waals surface area contributed by atoms with Crippen molar-refractivity contribution in [3.05, 3.63) is 21.6 Å². The summed E-state index contributed by atoms with van der Waals surface area (Å²) in [6.07, 6.45) is 0. The molecule has 0 bridgehead atoms. The van der Waals surface area contributed by atoms with Crippen molar-refractivity contribution in [3.63, 3.8) is 0 Å². The average Bonchev–Trinajstić information content (AvgIpc) is 2.94. The SMILES string of the molecule is COC(=O)c1scc(C)c1S(=O)(=O)Nc1n[nH]c(C)n1. The van der Waals surface area contributed by atoms with Gasteiger partial charge in [-0.25, -0.2) is 17.9 Å². The molecular formula is C10H12N4O4S2. The van der Waals surface area contributed by atoms with Crippen LogP contribution in [0.2, 0.25) is 0 Å². The third kappa shape index (κ3) is 2.65. The van der Waals surface area contributed by atoms with Crippen LogP contribution in [0, 0.1) is 13.8 Å². The lowest BCUT2D eigenvalue weighted by atomic mass is 10.3. The van der Waals surface area contributed by atoms with E-state index in [0.717, 1.165) is 11.3 Å². The minimum Gasteiger partial charge on any atom is -0.465 e. The zero-order valence-corrected chi connectivity index (χ0v) is 12.6. The molecule has 0 saturated heterocycles. The van der Waals surface area contributed by atoms with E-state index in [0.29, 0.717) is 11.4 Å². The first kappa shape index (κ1) is 14.5. The van der Waals surface area contributed by atoms with Gasteiger partial charge < -0.3 is 4.74 Å². The van der Waals surface area contributed by atoms with Crippen LogP contribution in [0.3, 0.4) is 0 Å². The van der Waals surface area contributed by atoms with E-state index in [2.05, 4.69) is 24.6 Å². The van der Waals surface area contributed by atoms with Crippen molar-refractivity contribution in [2.75, 3.05) is 11.8 Å². The summed E-state index contributed by atoms with van der Waals surface area (Å²) < 4.78 is 31.5. The predicted octanol–water partition coefficient (Wildman–Crippen LogP) is 1.07. The first-order chi connectivity index (χ1) is 9.35. The topological polar surface area (TPSA) is 114 Å². The van der Waals surface area contributed by atoms with Gasteiger partial charge in [0.2, 0.25) is 0 Å². The van der Waals surface area contributed by atoms with Crippen LogP contribution in [-0.2, 0) is 14.8 Å². The quantitative estimate of drug-likeness (QED) is 0.816. The normalized spacial score (nSPS) is 11.3. The summed E-state index contributed by atoms with van der Waals surface area (Å²) in [5.41, 5.74) is 0.454. The van der Waals surface area contributed by atoms with Crippen molar-refractivity contribution >= 4 is 33.3 Å². The zero-order chi connectivity index (χ0) is 14.9. The van der Waals surface area contributed by atoms with Crippen LogP contribution < -0.4 is 4.72 Å². The Labute approximate surface area is 119 Å². The summed E-state index contributed by atoms with van der Waals surface area (Å²) in [4.78, 5) is 15.4. The minimum absolute atomic E-state index is 0.0183. The maximum absolute atomic E-state index is 12.3. The number of carbonyl (C=O) groups is 1. The van der Waals surface area contributed by atoms with E-state index < -0.39 is 16.0 Å². The standard InChI is InChI=1S/C10H12N4O4S2/c1-5-4-19-7(9(15)18-3)8(5)20(16,17)14-10-11-6(2)12-13-10/h4H,1-3H3,(H2,11,12,13,14). The van der Waals surface area contributed by atoms with Gasteiger partial charge in [0.1, 0.15) is 15.6 Å². The molecule has 0 saturated carbocycles. The fourth-order valence-electron chi connectivity index (χ4n) is 1.56. The molecule has 0 aliphatic rings. The van der Waals surface area contributed by atoms with Gasteiger partial charge in [-0.15, -0.1) is 16.4 Å². The van der Waals surface area contributed by atoms with Gasteiger partial charge in [0.15, 0.2) is 0 Å². The molecule has 20 heavy (non-hydrogen) atoms. The summed E-state index contributed by atoms with van der Waals surface area (Å²) in [5, 5.41) is 7.79. The Balaban J connectivity index is 2.44. The smallest absolute Gasteiger partial charge is 0.349 e. The fraction of sp³-hybridized carbons (Fsp3) is 0.300. The van der Waals surface area contributed by atoms with E-state index in [1.165, 1.54) is 7.11 Å². The molecule has 2 aromatic heterocycles. The summed E-state index contributed by atoms with van der Waals surface area (Å²) in [5.74, 6) is -0.309. The molecule has 0 radical (unpaired) electrons. The van der Waals surface area contributed by atoms with Crippen molar-refractivity contribution in [3.8, 4) is 0 Å². The van der Waals surface area contributed by atoms with Crippen LogP contribution in [0.25, 0.3) is 0 Å². The minimum atomic E-state index is -3.96. The Kier molecular flexibility index (Phi) is 3.77. The predicted molar refractivity (Wildman–Crippen MR) is 72.3 cm³/mol. The van der Waals surface area contributed by atoms with Gasteiger partial charge in [-0.1, -0.05) is 0 Å². The highest BCUT2D eigenvalue weighted by Crippen LogP contribution is 2.28. The van der Waals surface area contributed by atoms with Crippen LogP contribution in [0.4, 0.5) is 5.95 Å². The largest absolute Gasteiger partial charge is 0.465 e. The monoisotopic (exact) mass is 316 g/mol. The lowest BCUT2D eigenvalue weighted by molar-refractivity contribution is 0.0602. The fourth-order valence-corrected chi connectivity index (χ4v) is 4.21. The molecule has 108 valence electrons. The Bertz CT molecular complexity index is 747. The van der Waals surface area contributed by atoms with Gasteiger partial charge >= 0.3 is 5.97 Å². The highest BCUT2D eigenvalue weighted by atomic mass is 32.2. The number of hydrogen-bond donors (Lipinski definition) is 2. The summed E-state index contributed by atoms with van der Waals surface area (Å²) in [7, 11) is -2.76. The van der Waals surface area contributed by atoms with Gasteiger partial charge in [-0.3, -0.25) is 5.10 Å². The first-order valence-corrected chi connectivity index (χ1v) is 7.79. The first-order valence-electron chi connectivity index (χ1n) is 5.43. The summed E-state index contributed by atoms with van der Waals surface area (Å²) in [6, 6.07) is 0. The number of anilines is 1. The maximum atomic E-state index is 12.3. The van der Waals surface area contributed by atoms with Crippen molar-refractivity contribution in [2.24, 2.45) is 0 Å². The number of nitrogens with one attached hydrogen (secondary N) is 2. The Morgan fingerprint density at radius 1 is 1.45 bits per heavy atom. The highest BCUT2D eigenvalue weighted by Gasteiger charge is 2.28. The lowest BCUT2D eigenvalue weighted by Gasteiger charge is -2.06. The van der Waals surface area contributed by atoms with Gasteiger partial charge in [-0.2, -0.15) is 4.98 Å². The Hall–Kier alpha value is -1.94. The summed E-state index contributed by atoms with van der Waals surface area (Å²) >= 11 is 1.01. The van der Waals surface area contributed by atoms with E-state index in [1.54, 1.807) is 19.2 Å². The van der Waals surface area contributed by atoms with Crippen LogP contribution >= 0.6 is 11.3 Å².